The van der Waals surface area contributed by atoms with Crippen molar-refractivity contribution >= 4 is 28.2 Å². The Labute approximate surface area is 170 Å². The second-order valence-electron chi connectivity index (χ2n) is 7.08. The first-order valence-electron chi connectivity index (χ1n) is 9.85. The van der Waals surface area contributed by atoms with Gasteiger partial charge in [-0.3, -0.25) is 4.79 Å². The molecule has 1 aromatic carbocycles. The molecule has 1 heterocycles. The monoisotopic (exact) mass is 401 g/mol. The Hall–Kier alpha value is -2.34. The smallest absolute Gasteiger partial charge is 0.341 e. The largest absolute Gasteiger partial charge is 0.494 e. The number of amides is 1. The quantitative estimate of drug-likeness (QED) is 0.687. The van der Waals surface area contributed by atoms with Crippen LogP contribution in [-0.4, -0.2) is 25.1 Å². The second-order valence-corrected chi connectivity index (χ2v) is 8.18. The number of hydrogen-bond acceptors (Lipinski definition) is 5. The summed E-state index contributed by atoms with van der Waals surface area (Å²) in [7, 11) is 0. The third-order valence-electron chi connectivity index (χ3n) is 4.84. The highest BCUT2D eigenvalue weighted by Gasteiger charge is 2.29. The van der Waals surface area contributed by atoms with Crippen molar-refractivity contribution in [3.63, 3.8) is 0 Å². The zero-order chi connectivity index (χ0) is 20.1. The minimum absolute atomic E-state index is 0.138. The number of anilines is 1. The van der Waals surface area contributed by atoms with E-state index in [1.165, 1.54) is 16.2 Å². The second kappa shape index (κ2) is 9.24. The Morgan fingerprint density at radius 2 is 1.93 bits per heavy atom. The van der Waals surface area contributed by atoms with Gasteiger partial charge in [-0.15, -0.1) is 11.3 Å². The highest BCUT2D eigenvalue weighted by Crippen LogP contribution is 2.40. The number of rotatable bonds is 7. The molecule has 1 aromatic heterocycles. The van der Waals surface area contributed by atoms with Crippen LogP contribution in [0.2, 0.25) is 0 Å². The van der Waals surface area contributed by atoms with Gasteiger partial charge < -0.3 is 14.8 Å². The molecule has 3 rings (SSSR count). The minimum atomic E-state index is -0.342. The maximum atomic E-state index is 12.6. The van der Waals surface area contributed by atoms with E-state index in [2.05, 4.69) is 12.2 Å². The molecule has 150 valence electrons. The number of benzene rings is 1. The van der Waals surface area contributed by atoms with E-state index < -0.39 is 0 Å². The summed E-state index contributed by atoms with van der Waals surface area (Å²) in [5.41, 5.74) is 2.50. The molecule has 0 saturated heterocycles. The van der Waals surface area contributed by atoms with Crippen molar-refractivity contribution in [2.24, 2.45) is 5.92 Å². The minimum Gasteiger partial charge on any atom is -0.494 e. The summed E-state index contributed by atoms with van der Waals surface area (Å²) in [5.74, 6) is 0.900. The molecule has 1 N–H and O–H groups in total. The van der Waals surface area contributed by atoms with Crippen LogP contribution in [0.4, 0.5) is 5.00 Å². The molecule has 1 atom stereocenters. The number of carbonyl (C=O) groups excluding carboxylic acids is 2. The van der Waals surface area contributed by atoms with E-state index in [1.54, 1.807) is 6.92 Å². The van der Waals surface area contributed by atoms with Gasteiger partial charge in [0, 0.05) is 4.88 Å². The average molecular weight is 402 g/mol. The molecule has 0 fully saturated rings. The number of fused-ring (bicyclic) bond motifs is 1. The summed E-state index contributed by atoms with van der Waals surface area (Å²) in [6.45, 7) is 6.88. The topological polar surface area (TPSA) is 64.6 Å². The maximum Gasteiger partial charge on any atom is 0.341 e. The van der Waals surface area contributed by atoms with Crippen molar-refractivity contribution in [3.8, 4) is 5.75 Å². The van der Waals surface area contributed by atoms with Crippen molar-refractivity contribution in [1.82, 2.24) is 0 Å². The molecular formula is C22H27NO4S. The van der Waals surface area contributed by atoms with Crippen molar-refractivity contribution in [3.05, 3.63) is 45.8 Å². The average Bonchev–Trinajstić information content (AvgIpc) is 3.00. The van der Waals surface area contributed by atoms with Gasteiger partial charge in [-0.2, -0.15) is 0 Å². The fraction of sp³-hybridized carbons (Fsp3) is 0.455. The summed E-state index contributed by atoms with van der Waals surface area (Å²) in [5, 5.41) is 3.58. The van der Waals surface area contributed by atoms with Crippen LogP contribution in [0.25, 0.3) is 0 Å². The third-order valence-corrected chi connectivity index (χ3v) is 6.01. The Morgan fingerprint density at radius 3 is 2.61 bits per heavy atom. The van der Waals surface area contributed by atoms with Crippen molar-refractivity contribution in [2.75, 3.05) is 18.5 Å². The molecule has 5 nitrogen and oxygen atoms in total. The Balaban J connectivity index is 1.77. The Kier molecular flexibility index (Phi) is 6.73. The lowest BCUT2D eigenvalue weighted by molar-refractivity contribution is -0.115. The van der Waals surface area contributed by atoms with Crippen LogP contribution in [0.15, 0.2) is 24.3 Å². The molecule has 0 bridgehead atoms. The van der Waals surface area contributed by atoms with E-state index in [0.29, 0.717) is 29.7 Å². The third kappa shape index (κ3) is 4.73. The van der Waals surface area contributed by atoms with Crippen LogP contribution in [-0.2, 0) is 28.8 Å². The first kappa shape index (κ1) is 20.4. The normalized spacial score (nSPS) is 15.6. The highest BCUT2D eigenvalue weighted by atomic mass is 32.1. The lowest BCUT2D eigenvalue weighted by Crippen LogP contribution is -2.17. The van der Waals surface area contributed by atoms with Gasteiger partial charge in [-0.25, -0.2) is 4.79 Å². The van der Waals surface area contributed by atoms with Crippen LogP contribution in [0.1, 0.15) is 53.6 Å². The van der Waals surface area contributed by atoms with Gasteiger partial charge in [0.2, 0.25) is 5.91 Å². The Morgan fingerprint density at radius 1 is 1.18 bits per heavy atom. The molecule has 0 spiro atoms. The zero-order valence-electron chi connectivity index (χ0n) is 16.7. The van der Waals surface area contributed by atoms with Crippen molar-refractivity contribution in [2.45, 2.75) is 46.5 Å². The fourth-order valence-electron chi connectivity index (χ4n) is 3.48. The number of thiophene rings is 1. The molecule has 0 unspecified atom stereocenters. The summed E-state index contributed by atoms with van der Waals surface area (Å²) >= 11 is 1.52. The van der Waals surface area contributed by atoms with Gasteiger partial charge in [0.1, 0.15) is 10.8 Å². The summed E-state index contributed by atoms with van der Waals surface area (Å²) in [6.07, 6.45) is 3.10. The van der Waals surface area contributed by atoms with Crippen LogP contribution < -0.4 is 10.1 Å². The number of hydrogen-bond donors (Lipinski definition) is 1. The fourth-order valence-corrected chi connectivity index (χ4v) is 4.90. The van der Waals surface area contributed by atoms with Crippen molar-refractivity contribution < 1.29 is 19.1 Å². The number of esters is 1. The van der Waals surface area contributed by atoms with Crippen molar-refractivity contribution in [1.29, 1.82) is 0 Å². The van der Waals surface area contributed by atoms with Gasteiger partial charge in [-0.05, 0) is 62.3 Å². The van der Waals surface area contributed by atoms with E-state index in [1.807, 2.05) is 31.2 Å². The van der Waals surface area contributed by atoms with E-state index in [4.69, 9.17) is 9.47 Å². The predicted molar refractivity (Wildman–Crippen MR) is 111 cm³/mol. The number of nitrogens with one attached hydrogen (secondary N) is 1. The van der Waals surface area contributed by atoms with Crippen LogP contribution in [0.5, 0.6) is 5.75 Å². The number of ether oxygens (including phenoxy) is 2. The summed E-state index contributed by atoms with van der Waals surface area (Å²) < 4.78 is 10.7. The molecule has 0 aliphatic heterocycles. The molecule has 2 aromatic rings. The van der Waals surface area contributed by atoms with Gasteiger partial charge in [0.25, 0.3) is 0 Å². The molecule has 1 amide bonds. The van der Waals surface area contributed by atoms with E-state index in [0.717, 1.165) is 36.1 Å². The van der Waals surface area contributed by atoms with Crippen LogP contribution in [0.3, 0.4) is 0 Å². The first-order chi connectivity index (χ1) is 13.5. The van der Waals surface area contributed by atoms with Gasteiger partial charge in [-0.1, -0.05) is 19.1 Å². The Bertz CT molecular complexity index is 841. The number of carbonyl (C=O) groups is 2. The molecule has 6 heteroatoms. The predicted octanol–water partition coefficient (Wildman–Crippen LogP) is 4.63. The first-order valence-corrected chi connectivity index (χ1v) is 10.7. The lowest BCUT2D eigenvalue weighted by Gasteiger charge is -2.18. The van der Waals surface area contributed by atoms with Gasteiger partial charge in [0.05, 0.1) is 25.2 Å². The van der Waals surface area contributed by atoms with Gasteiger partial charge >= 0.3 is 5.97 Å². The summed E-state index contributed by atoms with van der Waals surface area (Å²) in [4.78, 5) is 26.3. The molecule has 0 saturated carbocycles. The van der Waals surface area contributed by atoms with E-state index in [-0.39, 0.29) is 18.3 Å². The van der Waals surface area contributed by atoms with Crippen LogP contribution >= 0.6 is 11.3 Å². The molecule has 28 heavy (non-hydrogen) atoms. The molecule has 1 aliphatic carbocycles. The lowest BCUT2D eigenvalue weighted by atomic mass is 9.88. The van der Waals surface area contributed by atoms with Crippen LogP contribution in [0, 0.1) is 5.92 Å². The van der Waals surface area contributed by atoms with Gasteiger partial charge in [0.15, 0.2) is 0 Å². The molecular weight excluding hydrogens is 374 g/mol. The standard InChI is InChI=1S/C22H27NO4S/c1-4-26-16-9-7-15(8-10-16)13-19(24)23-21-20(22(25)27-5-2)17-11-6-14(3)12-18(17)28-21/h7-10,14H,4-6,11-13H2,1-3H3,(H,23,24)/t14-/m1/s1. The van der Waals surface area contributed by atoms with E-state index >= 15 is 0 Å². The maximum absolute atomic E-state index is 12.6. The highest BCUT2D eigenvalue weighted by molar-refractivity contribution is 7.17. The molecule has 1 aliphatic rings. The molecule has 0 radical (unpaired) electrons. The zero-order valence-corrected chi connectivity index (χ0v) is 17.5. The van der Waals surface area contributed by atoms with E-state index in [9.17, 15) is 9.59 Å². The summed E-state index contributed by atoms with van der Waals surface area (Å²) in [6, 6.07) is 7.50. The SMILES string of the molecule is CCOC(=O)c1c(NC(=O)Cc2ccc(OCC)cc2)sc2c1CC[C@@H](C)C2.